The molecule has 68 heavy (non-hydrogen) atoms. The van der Waals surface area contributed by atoms with E-state index in [4.69, 9.17) is 21.1 Å². The fraction of sp³-hybridized carbons (Fsp3) is 0.426. The van der Waals surface area contributed by atoms with E-state index in [1.54, 1.807) is 6.08 Å². The summed E-state index contributed by atoms with van der Waals surface area (Å²) in [7, 11) is -2.62. The van der Waals surface area contributed by atoms with Gasteiger partial charge in [0.05, 0.1) is 28.3 Å². The third-order valence-corrected chi connectivity index (χ3v) is 13.1. The van der Waals surface area contributed by atoms with Gasteiger partial charge in [-0.1, -0.05) is 120 Å². The molecule has 4 aromatic rings. The van der Waals surface area contributed by atoms with Crippen molar-refractivity contribution >= 4 is 63.1 Å². The number of ether oxygens (including phenoxy) is 3. The fourth-order valence-electron chi connectivity index (χ4n) is 4.74. The fourth-order valence-corrected chi connectivity index (χ4v) is 5.84. The molecule has 0 bridgehead atoms. The standard InChI is InChI=1S/C19H21ClN2O4S.C15H20O2.C13H18O2.C7H14O2/c1-4-19(2,3)18(24)21-15-9-11-16(12-10-15)27(25,26)22-17(23)13-5-7-14(20)8-6-13;1-5-12-7-9-13(10-8-12)11-17-14(16)15(3,4)6-2;1-4-13(2,3)12(14)15-10-11-8-6-5-7-9-11;1-5-7(2,3)6(8)9-4/h5-12H,4H2,1-3H3,(H,21,24)(H,22,23);5,7-10H,1,6,11H2,2-4H3;5-9H,4,10H2,1-3H3;5H2,1-4H3. The van der Waals surface area contributed by atoms with Crippen LogP contribution in [0.3, 0.4) is 0 Å². The summed E-state index contributed by atoms with van der Waals surface area (Å²) in [6.07, 6.45) is 4.85. The number of halogens is 1. The zero-order chi connectivity index (χ0) is 51.9. The molecular weight excluding hydrogens is 904 g/mol. The summed E-state index contributed by atoms with van der Waals surface area (Å²) in [5.41, 5.74) is 2.11. The van der Waals surface area contributed by atoms with Crippen LogP contribution < -0.4 is 10.0 Å². The highest BCUT2D eigenvalue weighted by molar-refractivity contribution is 7.90. The average molecular weight is 978 g/mol. The zero-order valence-electron chi connectivity index (χ0n) is 42.2. The monoisotopic (exact) mass is 976 g/mol. The van der Waals surface area contributed by atoms with Gasteiger partial charge < -0.3 is 19.5 Å². The Morgan fingerprint density at radius 1 is 0.588 bits per heavy atom. The third-order valence-electron chi connectivity index (χ3n) is 11.5. The van der Waals surface area contributed by atoms with Gasteiger partial charge in [0.1, 0.15) is 13.2 Å². The molecular formula is C54H73ClN2O10S. The van der Waals surface area contributed by atoms with Crippen LogP contribution in [-0.2, 0) is 56.6 Å². The number of nitrogens with one attached hydrogen (secondary N) is 2. The van der Waals surface area contributed by atoms with Crippen molar-refractivity contribution in [2.24, 2.45) is 21.7 Å². The Morgan fingerprint density at radius 3 is 1.41 bits per heavy atom. The van der Waals surface area contributed by atoms with E-state index in [1.807, 2.05) is 142 Å². The number of methoxy groups -OCH3 is 1. The molecule has 0 radical (unpaired) electrons. The maximum absolute atomic E-state index is 12.4. The smallest absolute Gasteiger partial charge is 0.311 e. The molecule has 0 aromatic heterocycles. The summed E-state index contributed by atoms with van der Waals surface area (Å²) in [6.45, 7) is 27.3. The number of esters is 3. The second-order valence-corrected chi connectivity index (χ2v) is 20.6. The Morgan fingerprint density at radius 2 is 1.01 bits per heavy atom. The van der Waals surface area contributed by atoms with Gasteiger partial charge in [0.15, 0.2) is 0 Å². The molecule has 0 aliphatic carbocycles. The van der Waals surface area contributed by atoms with E-state index >= 15 is 0 Å². The van der Waals surface area contributed by atoms with Crippen molar-refractivity contribution in [3.8, 4) is 0 Å². The molecule has 0 atom stereocenters. The molecule has 4 aromatic carbocycles. The Labute approximate surface area is 410 Å². The van der Waals surface area contributed by atoms with Crippen LogP contribution in [0.4, 0.5) is 5.69 Å². The van der Waals surface area contributed by atoms with Crippen molar-refractivity contribution < 1.29 is 46.6 Å². The molecule has 0 saturated carbocycles. The van der Waals surface area contributed by atoms with Crippen LogP contribution in [0.2, 0.25) is 5.02 Å². The van der Waals surface area contributed by atoms with E-state index in [2.05, 4.69) is 16.6 Å². The number of sulfonamides is 1. The summed E-state index contributed by atoms with van der Waals surface area (Å²) in [5, 5.41) is 3.19. The van der Waals surface area contributed by atoms with Gasteiger partial charge in [-0.3, -0.25) is 24.0 Å². The summed E-state index contributed by atoms with van der Waals surface area (Å²) in [6, 6.07) is 29.0. The van der Waals surface area contributed by atoms with E-state index in [0.717, 1.165) is 36.0 Å². The first-order chi connectivity index (χ1) is 31.6. The number of hydrogen-bond acceptors (Lipinski definition) is 10. The summed E-state index contributed by atoms with van der Waals surface area (Å²) in [4.78, 5) is 58.4. The van der Waals surface area contributed by atoms with E-state index in [-0.39, 0.29) is 45.1 Å². The molecule has 0 heterocycles. The predicted molar refractivity (Wildman–Crippen MR) is 272 cm³/mol. The first kappa shape index (κ1) is 60.2. The Kier molecular flexibility index (Phi) is 24.7. The summed E-state index contributed by atoms with van der Waals surface area (Å²) >= 11 is 5.75. The van der Waals surface area contributed by atoms with Crippen LogP contribution in [0.5, 0.6) is 0 Å². The van der Waals surface area contributed by atoms with Gasteiger partial charge in [-0.25, -0.2) is 13.1 Å². The maximum Gasteiger partial charge on any atom is 0.311 e. The Balaban J connectivity index is 0.000000488. The largest absolute Gasteiger partial charge is 0.469 e. The zero-order valence-corrected chi connectivity index (χ0v) is 43.8. The first-order valence-corrected chi connectivity index (χ1v) is 24.4. The predicted octanol–water partition coefficient (Wildman–Crippen LogP) is 12.4. The van der Waals surface area contributed by atoms with Crippen molar-refractivity contribution in [3.63, 3.8) is 0 Å². The van der Waals surface area contributed by atoms with Crippen molar-refractivity contribution in [2.75, 3.05) is 12.4 Å². The lowest BCUT2D eigenvalue weighted by molar-refractivity contribution is -0.156. The van der Waals surface area contributed by atoms with Gasteiger partial charge in [0.2, 0.25) is 5.91 Å². The number of carbonyl (C=O) groups excluding carboxylic acids is 5. The molecule has 2 amide bonds. The van der Waals surface area contributed by atoms with Crippen molar-refractivity contribution in [2.45, 2.75) is 127 Å². The van der Waals surface area contributed by atoms with Gasteiger partial charge in [0.25, 0.3) is 15.9 Å². The van der Waals surface area contributed by atoms with Crippen LogP contribution in [0.1, 0.15) is 136 Å². The maximum atomic E-state index is 12.4. The third kappa shape index (κ3) is 20.6. The molecule has 0 unspecified atom stereocenters. The van der Waals surface area contributed by atoms with Crippen LogP contribution in [0.15, 0.2) is 115 Å². The molecule has 0 fully saturated rings. The average Bonchev–Trinajstić information content (AvgIpc) is 3.33. The molecule has 14 heteroatoms. The lowest BCUT2D eigenvalue weighted by atomic mass is 9.89. The number of carbonyl (C=O) groups is 5. The number of amides is 2. The van der Waals surface area contributed by atoms with Crippen LogP contribution in [0.25, 0.3) is 6.08 Å². The van der Waals surface area contributed by atoms with Crippen molar-refractivity contribution in [3.05, 3.63) is 137 Å². The molecule has 4 rings (SSSR count). The van der Waals surface area contributed by atoms with Gasteiger partial charge in [-0.15, -0.1) is 0 Å². The first-order valence-electron chi connectivity index (χ1n) is 22.6. The lowest BCUT2D eigenvalue weighted by Gasteiger charge is -2.21. The van der Waals surface area contributed by atoms with Crippen LogP contribution in [0, 0.1) is 21.7 Å². The molecule has 372 valence electrons. The minimum atomic E-state index is -4.04. The van der Waals surface area contributed by atoms with E-state index in [9.17, 15) is 32.4 Å². The lowest BCUT2D eigenvalue weighted by Crippen LogP contribution is -2.31. The highest BCUT2D eigenvalue weighted by Gasteiger charge is 2.29. The molecule has 0 aliphatic rings. The SMILES string of the molecule is C=Cc1ccc(COC(=O)C(C)(C)CC)cc1.CCC(C)(C)C(=O)Nc1ccc(S(=O)(=O)NC(=O)c2ccc(Cl)cc2)cc1.CCC(C)(C)C(=O)OC.CCC(C)(C)C(=O)OCc1ccccc1. The number of hydrogen-bond donors (Lipinski definition) is 2. The Bertz CT molecular complexity index is 2340. The van der Waals surface area contributed by atoms with Gasteiger partial charge in [-0.2, -0.15) is 0 Å². The van der Waals surface area contributed by atoms with Gasteiger partial charge >= 0.3 is 17.9 Å². The molecule has 0 spiro atoms. The highest BCUT2D eigenvalue weighted by atomic mass is 35.5. The van der Waals surface area contributed by atoms with Crippen molar-refractivity contribution in [1.82, 2.24) is 4.72 Å². The minimum absolute atomic E-state index is 0.0856. The minimum Gasteiger partial charge on any atom is -0.469 e. The number of anilines is 1. The molecule has 0 aliphatic heterocycles. The van der Waals surface area contributed by atoms with E-state index in [0.29, 0.717) is 30.3 Å². The quantitative estimate of drug-likeness (QED) is 0.0766. The highest BCUT2D eigenvalue weighted by Crippen LogP contribution is 2.25. The van der Waals surface area contributed by atoms with Crippen LogP contribution in [-0.4, -0.2) is 45.2 Å². The van der Waals surface area contributed by atoms with Crippen LogP contribution >= 0.6 is 11.6 Å². The Hall–Kier alpha value is -5.79. The summed E-state index contributed by atoms with van der Waals surface area (Å²) in [5.74, 6) is -1.32. The second kappa shape index (κ2) is 27.9. The number of rotatable bonds is 17. The normalized spacial score (nSPS) is 11.3. The van der Waals surface area contributed by atoms with E-state index < -0.39 is 26.8 Å². The van der Waals surface area contributed by atoms with Gasteiger partial charge in [-0.05, 0) is 132 Å². The van der Waals surface area contributed by atoms with E-state index in [1.165, 1.54) is 55.6 Å². The molecule has 12 nitrogen and oxygen atoms in total. The van der Waals surface area contributed by atoms with Gasteiger partial charge in [0, 0.05) is 21.7 Å². The summed E-state index contributed by atoms with van der Waals surface area (Å²) < 4.78 is 41.9. The van der Waals surface area contributed by atoms with Crippen molar-refractivity contribution in [1.29, 1.82) is 0 Å². The topological polar surface area (TPSA) is 171 Å². The molecule has 2 N–H and O–H groups in total. The molecule has 0 saturated heterocycles. The second-order valence-electron chi connectivity index (χ2n) is 18.4. The number of benzene rings is 4.